The summed E-state index contributed by atoms with van der Waals surface area (Å²) in [4.78, 5) is 11.7. The van der Waals surface area contributed by atoms with Gasteiger partial charge in [0, 0.05) is 11.1 Å². The first kappa shape index (κ1) is 21.5. The molecule has 1 heterocycles. The Bertz CT molecular complexity index is 1270. The molecule has 1 aliphatic rings. The lowest BCUT2D eigenvalue weighted by Crippen LogP contribution is -2.29. The molecule has 0 aliphatic carbocycles. The fourth-order valence-electron chi connectivity index (χ4n) is 4.15. The van der Waals surface area contributed by atoms with Crippen LogP contribution in [0.25, 0.3) is 16.7 Å². The summed E-state index contributed by atoms with van der Waals surface area (Å²) >= 11 is 0. The lowest BCUT2D eigenvalue weighted by Gasteiger charge is -2.32. The number of ether oxygens (including phenoxy) is 1. The van der Waals surface area contributed by atoms with Crippen LogP contribution in [0.5, 0.6) is 5.75 Å². The minimum Gasteiger partial charge on any atom is -0.483 e. The van der Waals surface area contributed by atoms with Crippen LogP contribution < -0.4 is 4.74 Å². The first-order valence-electron chi connectivity index (χ1n) is 10.7. The molecule has 0 spiro atoms. The number of rotatable bonds is 4. The van der Waals surface area contributed by atoms with Crippen molar-refractivity contribution in [1.29, 1.82) is 0 Å². The lowest BCUT2D eigenvalue weighted by atomic mass is 9.86. The Balaban J connectivity index is 1.88. The molecule has 3 nitrogen and oxygen atoms in total. The number of carbonyl (C=O) groups is 1. The topological polar surface area (TPSA) is 46.5 Å². The Morgan fingerprint density at radius 1 is 1.00 bits per heavy atom. The summed E-state index contributed by atoms with van der Waals surface area (Å²) in [5.74, 6) is 2.79. The number of hydrogen-bond donors (Lipinski definition) is 1. The van der Waals surface area contributed by atoms with E-state index in [9.17, 15) is 9.90 Å². The van der Waals surface area contributed by atoms with Crippen LogP contribution in [-0.4, -0.2) is 16.7 Å². The number of aromatic carboxylic acids is 1. The van der Waals surface area contributed by atoms with Crippen molar-refractivity contribution in [3.63, 3.8) is 0 Å². The van der Waals surface area contributed by atoms with Crippen molar-refractivity contribution >= 4 is 11.5 Å². The van der Waals surface area contributed by atoms with Gasteiger partial charge in [-0.05, 0) is 71.9 Å². The summed E-state index contributed by atoms with van der Waals surface area (Å²) in [6.07, 6.45) is 7.85. The largest absolute Gasteiger partial charge is 0.483 e. The smallest absolute Gasteiger partial charge is 0.336 e. The highest BCUT2D eigenvalue weighted by Gasteiger charge is 2.28. The molecule has 0 radical (unpaired) electrons. The van der Waals surface area contributed by atoms with Crippen LogP contribution in [0.15, 0.2) is 66.7 Å². The van der Waals surface area contributed by atoms with Crippen LogP contribution >= 0.6 is 0 Å². The molecule has 1 aliphatic heterocycles. The number of fused-ring (bicyclic) bond motifs is 1. The average molecular weight is 423 g/mol. The summed E-state index contributed by atoms with van der Waals surface area (Å²) in [6, 6.07) is 19.7. The van der Waals surface area contributed by atoms with Gasteiger partial charge in [-0.3, -0.25) is 0 Å². The lowest BCUT2D eigenvalue weighted by molar-refractivity contribution is 0.0696. The van der Waals surface area contributed by atoms with Crippen LogP contribution in [0.3, 0.4) is 0 Å². The average Bonchev–Trinajstić information content (AvgIpc) is 2.77. The Morgan fingerprint density at radius 3 is 2.31 bits per heavy atom. The number of terminal acetylenes is 1. The molecule has 1 N–H and O–H groups in total. The van der Waals surface area contributed by atoms with E-state index < -0.39 is 11.6 Å². The Labute approximate surface area is 189 Å². The standard InChI is InChI=1S/C29H26O3/c1-6-22-23(8-7-9-24(22)28(30)31)21-14-15-27-25(16-21)26(17-29(4,5)32-27)20-12-10-19(11-13-20)18(2)3/h1,7-18H,2-5H3,(H,30,31). The minimum absolute atomic E-state index is 0.125. The molecule has 0 unspecified atom stereocenters. The number of carboxylic acids is 1. The van der Waals surface area contributed by atoms with E-state index in [0.29, 0.717) is 11.5 Å². The van der Waals surface area contributed by atoms with Gasteiger partial charge < -0.3 is 9.84 Å². The molecular weight excluding hydrogens is 396 g/mol. The molecule has 4 rings (SSSR count). The van der Waals surface area contributed by atoms with E-state index in [1.54, 1.807) is 6.07 Å². The third kappa shape index (κ3) is 3.92. The zero-order valence-corrected chi connectivity index (χ0v) is 18.8. The summed E-state index contributed by atoms with van der Waals surface area (Å²) in [5.41, 5.74) is 6.08. The molecule has 160 valence electrons. The van der Waals surface area contributed by atoms with E-state index in [1.165, 1.54) is 11.6 Å². The maximum atomic E-state index is 11.7. The van der Waals surface area contributed by atoms with Crippen molar-refractivity contribution in [2.24, 2.45) is 0 Å². The fourth-order valence-corrected chi connectivity index (χ4v) is 4.15. The maximum absolute atomic E-state index is 11.7. The minimum atomic E-state index is -1.03. The summed E-state index contributed by atoms with van der Waals surface area (Å²) in [5, 5.41) is 9.55. The molecule has 0 bridgehead atoms. The fraction of sp³-hybridized carbons (Fsp3) is 0.207. The summed E-state index contributed by atoms with van der Waals surface area (Å²) in [7, 11) is 0. The number of benzene rings is 3. The van der Waals surface area contributed by atoms with E-state index >= 15 is 0 Å². The SMILES string of the molecule is C#Cc1c(C(=O)O)cccc1-c1ccc2c(c1)C(c1ccc(C(C)C)cc1)=CC(C)(C)O2. The number of hydrogen-bond acceptors (Lipinski definition) is 2. The van der Waals surface area contributed by atoms with Crippen LogP contribution in [0, 0.1) is 12.3 Å². The Hall–Kier alpha value is -3.77. The maximum Gasteiger partial charge on any atom is 0.336 e. The van der Waals surface area contributed by atoms with Gasteiger partial charge in [0.25, 0.3) is 0 Å². The number of carboxylic acid groups (broad SMARTS) is 1. The van der Waals surface area contributed by atoms with Crippen molar-refractivity contribution in [2.75, 3.05) is 0 Å². The highest BCUT2D eigenvalue weighted by Crippen LogP contribution is 2.42. The van der Waals surface area contributed by atoms with E-state index in [4.69, 9.17) is 11.2 Å². The van der Waals surface area contributed by atoms with Gasteiger partial charge in [0.2, 0.25) is 0 Å². The molecule has 3 aromatic carbocycles. The monoisotopic (exact) mass is 422 g/mol. The second-order valence-corrected chi connectivity index (χ2v) is 8.93. The van der Waals surface area contributed by atoms with E-state index in [0.717, 1.165) is 33.6 Å². The third-order valence-electron chi connectivity index (χ3n) is 5.77. The van der Waals surface area contributed by atoms with Gasteiger partial charge in [-0.1, -0.05) is 62.2 Å². The van der Waals surface area contributed by atoms with Gasteiger partial charge in [0.1, 0.15) is 11.4 Å². The van der Waals surface area contributed by atoms with Crippen LogP contribution in [-0.2, 0) is 0 Å². The normalized spacial score (nSPS) is 14.2. The van der Waals surface area contributed by atoms with Gasteiger partial charge in [0.05, 0.1) is 5.56 Å². The molecule has 0 aromatic heterocycles. The molecule has 0 saturated carbocycles. The molecule has 32 heavy (non-hydrogen) atoms. The highest BCUT2D eigenvalue weighted by atomic mass is 16.5. The van der Waals surface area contributed by atoms with E-state index in [2.05, 4.69) is 50.1 Å². The quantitative estimate of drug-likeness (QED) is 0.473. The van der Waals surface area contributed by atoms with Gasteiger partial charge in [-0.25, -0.2) is 4.79 Å². The molecular formula is C29H26O3. The summed E-state index contributed by atoms with van der Waals surface area (Å²) < 4.78 is 6.23. The van der Waals surface area contributed by atoms with Gasteiger partial charge >= 0.3 is 5.97 Å². The molecule has 0 saturated heterocycles. The zero-order valence-electron chi connectivity index (χ0n) is 18.8. The van der Waals surface area contributed by atoms with Crippen molar-refractivity contribution in [3.8, 4) is 29.2 Å². The Morgan fingerprint density at radius 2 is 1.69 bits per heavy atom. The van der Waals surface area contributed by atoms with Crippen molar-refractivity contribution in [1.82, 2.24) is 0 Å². The van der Waals surface area contributed by atoms with Crippen LogP contribution in [0.2, 0.25) is 0 Å². The zero-order chi connectivity index (χ0) is 23.0. The predicted molar refractivity (Wildman–Crippen MR) is 129 cm³/mol. The van der Waals surface area contributed by atoms with Crippen LogP contribution in [0.4, 0.5) is 0 Å². The van der Waals surface area contributed by atoms with Crippen LogP contribution in [0.1, 0.15) is 66.2 Å². The van der Waals surface area contributed by atoms with E-state index in [-0.39, 0.29) is 5.56 Å². The molecule has 0 fully saturated rings. The van der Waals surface area contributed by atoms with Crippen molar-refractivity contribution < 1.29 is 14.6 Å². The van der Waals surface area contributed by atoms with Gasteiger partial charge in [0.15, 0.2) is 0 Å². The molecule has 3 aromatic rings. The molecule has 0 atom stereocenters. The summed E-state index contributed by atoms with van der Waals surface area (Å²) in [6.45, 7) is 8.45. The Kier molecular flexibility index (Phi) is 5.40. The van der Waals surface area contributed by atoms with Crippen molar-refractivity contribution in [3.05, 3.63) is 94.6 Å². The second-order valence-electron chi connectivity index (χ2n) is 8.93. The van der Waals surface area contributed by atoms with Gasteiger partial charge in [-0.2, -0.15) is 0 Å². The predicted octanol–water partition coefficient (Wildman–Crippen LogP) is 6.76. The second kappa shape index (κ2) is 8.05. The van der Waals surface area contributed by atoms with Crippen molar-refractivity contribution in [2.45, 2.75) is 39.2 Å². The molecule has 0 amide bonds. The van der Waals surface area contributed by atoms with Gasteiger partial charge in [-0.15, -0.1) is 6.42 Å². The third-order valence-corrected chi connectivity index (χ3v) is 5.77. The molecule has 3 heteroatoms. The first-order valence-corrected chi connectivity index (χ1v) is 10.7. The highest BCUT2D eigenvalue weighted by molar-refractivity contribution is 5.95. The van der Waals surface area contributed by atoms with E-state index in [1.807, 2.05) is 38.1 Å². The first-order chi connectivity index (χ1) is 15.2.